The molecule has 0 bridgehead atoms. The molecule has 2 aromatic heterocycles. The maximum absolute atomic E-state index is 12.4. The van der Waals surface area contributed by atoms with Crippen LogP contribution in [0.15, 0.2) is 28.0 Å². The van der Waals surface area contributed by atoms with Gasteiger partial charge in [0.1, 0.15) is 5.15 Å². The number of pyridine rings is 1. The molecule has 0 aliphatic heterocycles. The van der Waals surface area contributed by atoms with Gasteiger partial charge in [0.05, 0.1) is 12.1 Å². The van der Waals surface area contributed by atoms with Crippen molar-refractivity contribution in [3.63, 3.8) is 0 Å². The van der Waals surface area contributed by atoms with Gasteiger partial charge in [0.15, 0.2) is 0 Å². The second-order valence-corrected chi connectivity index (χ2v) is 5.04. The topological polar surface area (TPSA) is 67.8 Å². The third kappa shape index (κ3) is 2.82. The highest BCUT2D eigenvalue weighted by Gasteiger charge is 2.13. The summed E-state index contributed by atoms with van der Waals surface area (Å²) in [5.41, 5.74) is 1.45. The Morgan fingerprint density at radius 2 is 2.15 bits per heavy atom. The van der Waals surface area contributed by atoms with Gasteiger partial charge in [-0.15, -0.1) is 0 Å². The van der Waals surface area contributed by atoms with E-state index < -0.39 is 5.69 Å². The summed E-state index contributed by atoms with van der Waals surface area (Å²) in [6, 6.07) is 1.84. The Balaban J connectivity index is 2.53. The molecule has 106 valence electrons. The number of halogens is 1. The van der Waals surface area contributed by atoms with Crippen molar-refractivity contribution in [2.75, 3.05) is 0 Å². The minimum Gasteiger partial charge on any atom is -0.297 e. The molecular weight excluding hydrogens is 278 g/mol. The molecule has 0 aliphatic rings. The summed E-state index contributed by atoms with van der Waals surface area (Å²) in [6.45, 7) is 4.07. The molecule has 0 saturated heterocycles. The second-order valence-electron chi connectivity index (χ2n) is 4.67. The van der Waals surface area contributed by atoms with Crippen molar-refractivity contribution >= 4 is 11.6 Å². The highest BCUT2D eigenvalue weighted by atomic mass is 35.5. The lowest BCUT2D eigenvalue weighted by molar-refractivity contribution is 0.676. The van der Waals surface area contributed by atoms with E-state index >= 15 is 0 Å². The van der Waals surface area contributed by atoms with Crippen molar-refractivity contribution in [1.29, 1.82) is 0 Å². The number of aryl methyl sites for hydroxylation is 1. The van der Waals surface area contributed by atoms with E-state index in [4.69, 9.17) is 11.6 Å². The zero-order valence-corrected chi connectivity index (χ0v) is 12.2. The lowest BCUT2D eigenvalue weighted by Gasteiger charge is -2.10. The predicted octanol–water partition coefficient (Wildman–Crippen LogP) is 1.89. The smallest absolute Gasteiger partial charge is 0.297 e. The molecule has 0 saturated carbocycles. The first-order valence-electron chi connectivity index (χ1n) is 6.45. The van der Waals surface area contributed by atoms with Crippen molar-refractivity contribution in [3.8, 4) is 0 Å². The third-order valence-electron chi connectivity index (χ3n) is 3.21. The van der Waals surface area contributed by atoms with Crippen molar-refractivity contribution in [3.05, 3.63) is 61.1 Å². The zero-order valence-electron chi connectivity index (χ0n) is 11.4. The molecule has 0 aliphatic carbocycles. The Hall–Kier alpha value is -1.88. The van der Waals surface area contributed by atoms with Crippen LogP contribution in [0, 0.1) is 6.92 Å². The summed E-state index contributed by atoms with van der Waals surface area (Å²) in [4.78, 5) is 30.8. The molecule has 0 amide bonds. The van der Waals surface area contributed by atoms with Gasteiger partial charge in [0, 0.05) is 12.4 Å². The quantitative estimate of drug-likeness (QED) is 0.875. The molecule has 6 heteroatoms. The van der Waals surface area contributed by atoms with E-state index in [0.29, 0.717) is 12.0 Å². The summed E-state index contributed by atoms with van der Waals surface area (Å²) in [5.74, 6) is 0. The molecule has 0 fully saturated rings. The van der Waals surface area contributed by atoms with Crippen LogP contribution in [-0.4, -0.2) is 14.5 Å². The van der Waals surface area contributed by atoms with Crippen LogP contribution >= 0.6 is 11.6 Å². The lowest BCUT2D eigenvalue weighted by Crippen LogP contribution is -2.37. The predicted molar refractivity (Wildman–Crippen MR) is 78.4 cm³/mol. The van der Waals surface area contributed by atoms with E-state index in [2.05, 4.69) is 9.97 Å². The number of aromatic amines is 1. The van der Waals surface area contributed by atoms with E-state index in [1.165, 1.54) is 4.57 Å². The Bertz CT molecular complexity index is 734. The fraction of sp³-hybridized carbons (Fsp3) is 0.357. The van der Waals surface area contributed by atoms with Crippen LogP contribution in [-0.2, 0) is 13.0 Å². The number of H-pyrrole nitrogens is 1. The van der Waals surface area contributed by atoms with Crippen molar-refractivity contribution in [2.24, 2.45) is 0 Å². The summed E-state index contributed by atoms with van der Waals surface area (Å²) in [7, 11) is 0. The standard InChI is InChI=1S/C14H16ClN3O2/c1-3-4-11-12(15)17-14(20)18(13(11)19)8-10-7-16-6-5-9(10)2/h5-7H,3-4,8H2,1-2H3,(H,17,20). The molecule has 1 N–H and O–H groups in total. The van der Waals surface area contributed by atoms with Gasteiger partial charge < -0.3 is 0 Å². The van der Waals surface area contributed by atoms with E-state index in [1.807, 2.05) is 19.9 Å². The first-order valence-corrected chi connectivity index (χ1v) is 6.83. The van der Waals surface area contributed by atoms with Crippen molar-refractivity contribution in [2.45, 2.75) is 33.2 Å². The molecule has 2 rings (SSSR count). The van der Waals surface area contributed by atoms with Gasteiger partial charge in [-0.1, -0.05) is 24.9 Å². The molecule has 2 heterocycles. The van der Waals surface area contributed by atoms with Gasteiger partial charge in [-0.2, -0.15) is 0 Å². The molecule has 0 radical (unpaired) electrons. The first-order chi connectivity index (χ1) is 9.54. The number of nitrogens with zero attached hydrogens (tertiary/aromatic N) is 2. The van der Waals surface area contributed by atoms with Gasteiger partial charge in [-0.3, -0.25) is 19.3 Å². The first kappa shape index (κ1) is 14.5. The zero-order chi connectivity index (χ0) is 14.7. The highest BCUT2D eigenvalue weighted by molar-refractivity contribution is 6.30. The maximum atomic E-state index is 12.4. The fourth-order valence-corrected chi connectivity index (χ4v) is 2.28. The number of rotatable bonds is 4. The number of nitrogens with one attached hydrogen (secondary N) is 1. The summed E-state index contributed by atoms with van der Waals surface area (Å²) in [5, 5.41) is 0.140. The average Bonchev–Trinajstić information content (AvgIpc) is 2.41. The summed E-state index contributed by atoms with van der Waals surface area (Å²) >= 11 is 5.94. The molecule has 0 unspecified atom stereocenters. The van der Waals surface area contributed by atoms with Crippen LogP contribution in [0.5, 0.6) is 0 Å². The maximum Gasteiger partial charge on any atom is 0.329 e. The number of aromatic nitrogens is 3. The van der Waals surface area contributed by atoms with Crippen LogP contribution in [0.25, 0.3) is 0 Å². The van der Waals surface area contributed by atoms with Gasteiger partial charge in [0.2, 0.25) is 0 Å². The minimum atomic E-state index is -0.497. The molecule has 2 aromatic rings. The highest BCUT2D eigenvalue weighted by Crippen LogP contribution is 2.09. The van der Waals surface area contributed by atoms with Gasteiger partial charge in [-0.05, 0) is 30.5 Å². The minimum absolute atomic E-state index is 0.140. The Morgan fingerprint density at radius 3 is 2.80 bits per heavy atom. The Kier molecular flexibility index (Phi) is 4.39. The van der Waals surface area contributed by atoms with Crippen LogP contribution < -0.4 is 11.2 Å². The molecule has 5 nitrogen and oxygen atoms in total. The SMILES string of the molecule is CCCc1c(Cl)[nH]c(=O)n(Cc2cnccc2C)c1=O. The molecule has 0 atom stereocenters. The van der Waals surface area contributed by atoms with Crippen LogP contribution in [0.2, 0.25) is 5.15 Å². The summed E-state index contributed by atoms with van der Waals surface area (Å²) < 4.78 is 1.17. The van der Waals surface area contributed by atoms with Gasteiger partial charge >= 0.3 is 5.69 Å². The van der Waals surface area contributed by atoms with Crippen LogP contribution in [0.1, 0.15) is 30.0 Å². The van der Waals surface area contributed by atoms with E-state index in [9.17, 15) is 9.59 Å². The van der Waals surface area contributed by atoms with E-state index in [1.54, 1.807) is 12.4 Å². The molecule has 0 spiro atoms. The molecule has 20 heavy (non-hydrogen) atoms. The van der Waals surface area contributed by atoms with Crippen molar-refractivity contribution < 1.29 is 0 Å². The molecular formula is C14H16ClN3O2. The van der Waals surface area contributed by atoms with Crippen LogP contribution in [0.3, 0.4) is 0 Å². The normalized spacial score (nSPS) is 10.8. The lowest BCUT2D eigenvalue weighted by atomic mass is 10.1. The van der Waals surface area contributed by atoms with Gasteiger partial charge in [-0.25, -0.2) is 4.79 Å². The largest absolute Gasteiger partial charge is 0.329 e. The monoisotopic (exact) mass is 293 g/mol. The average molecular weight is 294 g/mol. The number of hydrogen-bond acceptors (Lipinski definition) is 3. The number of hydrogen-bond donors (Lipinski definition) is 1. The van der Waals surface area contributed by atoms with Crippen LogP contribution in [0.4, 0.5) is 0 Å². The van der Waals surface area contributed by atoms with E-state index in [-0.39, 0.29) is 17.3 Å². The van der Waals surface area contributed by atoms with Crippen molar-refractivity contribution in [1.82, 2.24) is 14.5 Å². The fourth-order valence-electron chi connectivity index (χ4n) is 2.03. The summed E-state index contributed by atoms with van der Waals surface area (Å²) in [6.07, 6.45) is 4.67. The Labute approximate surface area is 121 Å². The van der Waals surface area contributed by atoms with E-state index in [0.717, 1.165) is 17.5 Å². The third-order valence-corrected chi connectivity index (χ3v) is 3.53. The molecule has 0 aromatic carbocycles. The second kappa shape index (κ2) is 6.05. The Morgan fingerprint density at radius 1 is 1.40 bits per heavy atom. The van der Waals surface area contributed by atoms with Gasteiger partial charge in [0.25, 0.3) is 5.56 Å².